The van der Waals surface area contributed by atoms with Crippen molar-refractivity contribution in [3.8, 4) is 0 Å². The maximum absolute atomic E-state index is 12.4. The normalized spacial score (nSPS) is 19.1. The van der Waals surface area contributed by atoms with E-state index in [2.05, 4.69) is 37.4 Å². The molecule has 1 aromatic carbocycles. The van der Waals surface area contributed by atoms with E-state index in [4.69, 9.17) is 14.6 Å². The molecule has 1 unspecified atom stereocenters. The molecule has 0 aliphatic heterocycles. The van der Waals surface area contributed by atoms with Crippen LogP contribution in [0.3, 0.4) is 0 Å². The minimum absolute atomic E-state index is 0.0695. The summed E-state index contributed by atoms with van der Waals surface area (Å²) in [5, 5.41) is 9.03. The standard InChI is InChI=1S/C28H41FO4/c1-21(2)20-32-17-14-27(15-18-33-28(31)22(3)19-30)26-12-10-25(11-13-26)24-8-6-23(7-9-24)5-4-16-29/h10-13,23-24,27,30H,1,3-9,14-20H2,2H3. The SMILES string of the molecule is C=C(C)COCCC(CCOC(=O)C(=C)CO)c1ccc(C2CCC(CCCF)CC2)cc1. The van der Waals surface area contributed by atoms with Gasteiger partial charge in [0.1, 0.15) is 0 Å². The number of benzene rings is 1. The summed E-state index contributed by atoms with van der Waals surface area (Å²) < 4.78 is 23.4. The van der Waals surface area contributed by atoms with Crippen molar-refractivity contribution in [2.75, 3.05) is 33.1 Å². The molecule has 1 N–H and O–H groups in total. The molecule has 0 spiro atoms. The highest BCUT2D eigenvalue weighted by atomic mass is 19.1. The fourth-order valence-corrected chi connectivity index (χ4v) is 4.60. The Kier molecular flexibility index (Phi) is 12.4. The number of carbonyl (C=O) groups is 1. The van der Waals surface area contributed by atoms with Gasteiger partial charge in [-0.05, 0) is 87.2 Å². The molecule has 0 radical (unpaired) electrons. The number of hydrogen-bond donors (Lipinski definition) is 1. The van der Waals surface area contributed by atoms with Gasteiger partial charge in [0.15, 0.2) is 0 Å². The van der Waals surface area contributed by atoms with Crippen LogP contribution in [0.15, 0.2) is 48.6 Å². The lowest BCUT2D eigenvalue weighted by molar-refractivity contribution is -0.139. The Labute approximate surface area is 198 Å². The van der Waals surface area contributed by atoms with E-state index in [0.29, 0.717) is 37.9 Å². The summed E-state index contributed by atoms with van der Waals surface area (Å²) in [4.78, 5) is 11.8. The van der Waals surface area contributed by atoms with Gasteiger partial charge in [0.05, 0.1) is 32.1 Å². The average Bonchev–Trinajstić information content (AvgIpc) is 2.83. The van der Waals surface area contributed by atoms with Crippen LogP contribution in [-0.4, -0.2) is 44.2 Å². The van der Waals surface area contributed by atoms with E-state index in [1.165, 1.54) is 36.8 Å². The molecule has 1 saturated carbocycles. The van der Waals surface area contributed by atoms with Crippen LogP contribution in [0, 0.1) is 5.92 Å². The third-order valence-corrected chi connectivity index (χ3v) is 6.61. The summed E-state index contributed by atoms with van der Waals surface area (Å²) in [6.45, 7) is 10.2. The maximum atomic E-state index is 12.4. The maximum Gasteiger partial charge on any atom is 0.335 e. The molecular weight excluding hydrogens is 419 g/mol. The largest absolute Gasteiger partial charge is 0.462 e. The van der Waals surface area contributed by atoms with E-state index < -0.39 is 12.6 Å². The molecule has 1 aliphatic carbocycles. The molecule has 1 aliphatic rings. The second-order valence-corrected chi connectivity index (χ2v) is 9.40. The Morgan fingerprint density at radius 1 is 1.12 bits per heavy atom. The Morgan fingerprint density at radius 2 is 1.79 bits per heavy atom. The quantitative estimate of drug-likeness (QED) is 0.145. The minimum atomic E-state index is -0.549. The Bertz CT molecular complexity index is 735. The molecule has 1 aromatic rings. The zero-order valence-corrected chi connectivity index (χ0v) is 20.2. The Balaban J connectivity index is 1.93. The van der Waals surface area contributed by atoms with E-state index in [1.54, 1.807) is 0 Å². The number of alkyl halides is 1. The zero-order valence-electron chi connectivity index (χ0n) is 20.2. The smallest absolute Gasteiger partial charge is 0.335 e. The van der Waals surface area contributed by atoms with Crippen molar-refractivity contribution in [2.45, 2.75) is 70.1 Å². The summed E-state index contributed by atoms with van der Waals surface area (Å²) in [6.07, 6.45) is 7.97. The number of aliphatic hydroxyl groups excluding tert-OH is 1. The summed E-state index contributed by atoms with van der Waals surface area (Å²) in [5.41, 5.74) is 3.66. The molecule has 184 valence electrons. The van der Waals surface area contributed by atoms with Gasteiger partial charge in [-0.3, -0.25) is 4.39 Å². The highest BCUT2D eigenvalue weighted by Gasteiger charge is 2.22. The molecule has 33 heavy (non-hydrogen) atoms. The predicted molar refractivity (Wildman–Crippen MR) is 131 cm³/mol. The van der Waals surface area contributed by atoms with E-state index in [1.807, 2.05) is 6.92 Å². The number of halogens is 1. The Hall–Kier alpha value is -1.98. The molecule has 0 amide bonds. The minimum Gasteiger partial charge on any atom is -0.462 e. The average molecular weight is 461 g/mol. The van der Waals surface area contributed by atoms with Crippen LogP contribution in [0.2, 0.25) is 0 Å². The number of esters is 1. The first kappa shape index (κ1) is 27.3. The van der Waals surface area contributed by atoms with E-state index >= 15 is 0 Å². The summed E-state index contributed by atoms with van der Waals surface area (Å²) >= 11 is 0. The van der Waals surface area contributed by atoms with Gasteiger partial charge in [0.25, 0.3) is 0 Å². The fourth-order valence-electron chi connectivity index (χ4n) is 4.60. The molecule has 0 heterocycles. The topological polar surface area (TPSA) is 55.8 Å². The van der Waals surface area contributed by atoms with E-state index in [0.717, 1.165) is 18.4 Å². The number of ether oxygens (including phenoxy) is 2. The number of rotatable bonds is 15. The summed E-state index contributed by atoms with van der Waals surface area (Å²) in [6, 6.07) is 8.87. The summed E-state index contributed by atoms with van der Waals surface area (Å²) in [5.74, 6) is 0.927. The first-order chi connectivity index (χ1) is 15.9. The molecule has 1 fully saturated rings. The van der Waals surface area contributed by atoms with Gasteiger partial charge in [-0.15, -0.1) is 0 Å². The molecule has 1 atom stereocenters. The van der Waals surface area contributed by atoms with Crippen LogP contribution in [-0.2, 0) is 14.3 Å². The van der Waals surface area contributed by atoms with Gasteiger partial charge in [0, 0.05) is 6.61 Å². The fraction of sp³-hybridized carbons (Fsp3) is 0.607. The van der Waals surface area contributed by atoms with Gasteiger partial charge in [-0.2, -0.15) is 0 Å². The van der Waals surface area contributed by atoms with Crippen molar-refractivity contribution >= 4 is 5.97 Å². The van der Waals surface area contributed by atoms with Crippen molar-refractivity contribution in [1.29, 1.82) is 0 Å². The second kappa shape index (κ2) is 15.0. The van der Waals surface area contributed by atoms with Crippen LogP contribution >= 0.6 is 0 Å². The van der Waals surface area contributed by atoms with Gasteiger partial charge < -0.3 is 14.6 Å². The van der Waals surface area contributed by atoms with Crippen molar-refractivity contribution in [3.63, 3.8) is 0 Å². The van der Waals surface area contributed by atoms with E-state index in [-0.39, 0.29) is 24.8 Å². The summed E-state index contributed by atoms with van der Waals surface area (Å²) in [7, 11) is 0. The van der Waals surface area contributed by atoms with Crippen LogP contribution in [0.5, 0.6) is 0 Å². The molecule has 0 bridgehead atoms. The van der Waals surface area contributed by atoms with Crippen LogP contribution in [0.1, 0.15) is 81.3 Å². The van der Waals surface area contributed by atoms with Crippen LogP contribution in [0.4, 0.5) is 4.39 Å². The lowest BCUT2D eigenvalue weighted by Gasteiger charge is -2.29. The highest BCUT2D eigenvalue weighted by molar-refractivity contribution is 5.87. The third-order valence-electron chi connectivity index (χ3n) is 6.61. The highest BCUT2D eigenvalue weighted by Crippen LogP contribution is 2.38. The molecule has 0 aromatic heterocycles. The lowest BCUT2D eigenvalue weighted by Crippen LogP contribution is -2.15. The Morgan fingerprint density at radius 3 is 2.39 bits per heavy atom. The second-order valence-electron chi connectivity index (χ2n) is 9.40. The first-order valence-electron chi connectivity index (χ1n) is 12.3. The zero-order chi connectivity index (χ0) is 24.1. The molecular formula is C28H41FO4. The van der Waals surface area contributed by atoms with Crippen molar-refractivity contribution in [1.82, 2.24) is 0 Å². The van der Waals surface area contributed by atoms with Gasteiger partial charge in [0.2, 0.25) is 0 Å². The molecule has 0 saturated heterocycles. The van der Waals surface area contributed by atoms with Crippen LogP contribution in [0.25, 0.3) is 0 Å². The number of hydrogen-bond acceptors (Lipinski definition) is 4. The predicted octanol–water partition coefficient (Wildman–Crippen LogP) is 6.26. The van der Waals surface area contributed by atoms with Gasteiger partial charge in [-0.25, -0.2) is 4.79 Å². The number of carbonyl (C=O) groups excluding carboxylic acids is 1. The monoisotopic (exact) mass is 460 g/mol. The van der Waals surface area contributed by atoms with Crippen molar-refractivity contribution in [3.05, 3.63) is 59.7 Å². The van der Waals surface area contributed by atoms with Crippen molar-refractivity contribution in [2.24, 2.45) is 5.92 Å². The molecule has 4 nitrogen and oxygen atoms in total. The molecule has 2 rings (SSSR count). The first-order valence-corrected chi connectivity index (χ1v) is 12.3. The molecule has 5 heteroatoms. The third kappa shape index (κ3) is 9.81. The number of aliphatic hydroxyl groups is 1. The lowest BCUT2D eigenvalue weighted by atomic mass is 9.77. The van der Waals surface area contributed by atoms with E-state index in [9.17, 15) is 9.18 Å². The van der Waals surface area contributed by atoms with Gasteiger partial charge in [-0.1, -0.05) is 43.0 Å². The van der Waals surface area contributed by atoms with Crippen molar-refractivity contribution < 1.29 is 23.8 Å². The van der Waals surface area contributed by atoms with Gasteiger partial charge >= 0.3 is 5.97 Å². The van der Waals surface area contributed by atoms with Crippen LogP contribution < -0.4 is 0 Å².